The van der Waals surface area contributed by atoms with Crippen molar-refractivity contribution in [1.82, 2.24) is 0 Å². The molecule has 0 atom stereocenters. The Morgan fingerprint density at radius 3 is 2.57 bits per heavy atom. The van der Waals surface area contributed by atoms with Crippen molar-refractivity contribution in [3.05, 3.63) is 35.8 Å². The van der Waals surface area contributed by atoms with E-state index in [2.05, 4.69) is 5.32 Å². The van der Waals surface area contributed by atoms with Crippen LogP contribution >= 0.6 is 0 Å². The van der Waals surface area contributed by atoms with Crippen LogP contribution in [-0.4, -0.2) is 19.1 Å². The van der Waals surface area contributed by atoms with Crippen LogP contribution in [0.3, 0.4) is 0 Å². The van der Waals surface area contributed by atoms with Crippen molar-refractivity contribution < 1.29 is 18.7 Å². The van der Waals surface area contributed by atoms with Gasteiger partial charge in [-0.15, -0.1) is 0 Å². The van der Waals surface area contributed by atoms with E-state index in [1.165, 1.54) is 0 Å². The first-order valence-corrected chi connectivity index (χ1v) is 6.70. The van der Waals surface area contributed by atoms with Crippen molar-refractivity contribution in [3.63, 3.8) is 0 Å². The zero-order chi connectivity index (χ0) is 14.8. The van der Waals surface area contributed by atoms with Gasteiger partial charge in [-0.3, -0.25) is 4.79 Å². The van der Waals surface area contributed by atoms with E-state index in [9.17, 15) is 4.79 Å². The average Bonchev–Trinajstić information content (AvgIpc) is 2.76. The number of aryl methyl sites for hydroxylation is 1. The molecule has 0 saturated heterocycles. The molecule has 1 aliphatic rings. The molecule has 21 heavy (non-hydrogen) atoms. The maximum atomic E-state index is 12.1. The van der Waals surface area contributed by atoms with Crippen LogP contribution in [0.2, 0.25) is 0 Å². The van der Waals surface area contributed by atoms with Crippen molar-refractivity contribution in [2.24, 2.45) is 0 Å². The topological polar surface area (TPSA) is 86.7 Å². The molecule has 0 fully saturated rings. The number of carbonyl (C=O) groups is 1. The molecule has 0 bridgehead atoms. The first-order chi connectivity index (χ1) is 10.1. The third-order valence-corrected chi connectivity index (χ3v) is 3.13. The second kappa shape index (κ2) is 5.40. The summed E-state index contributed by atoms with van der Waals surface area (Å²) in [7, 11) is 0. The monoisotopic (exact) mass is 288 g/mol. The van der Waals surface area contributed by atoms with Crippen LogP contribution in [0.5, 0.6) is 11.5 Å². The van der Waals surface area contributed by atoms with E-state index in [1.54, 1.807) is 31.2 Å². The molecule has 6 heteroatoms. The second-order valence-electron chi connectivity index (χ2n) is 4.80. The Morgan fingerprint density at radius 2 is 1.90 bits per heavy atom. The van der Waals surface area contributed by atoms with Crippen LogP contribution in [0.15, 0.2) is 28.7 Å². The summed E-state index contributed by atoms with van der Waals surface area (Å²) < 4.78 is 16.4. The van der Waals surface area contributed by atoms with E-state index in [1.807, 2.05) is 0 Å². The average molecular weight is 288 g/mol. The van der Waals surface area contributed by atoms with Crippen molar-refractivity contribution in [3.8, 4) is 11.5 Å². The fourth-order valence-corrected chi connectivity index (χ4v) is 2.07. The van der Waals surface area contributed by atoms with Gasteiger partial charge in [-0.2, -0.15) is 0 Å². The van der Waals surface area contributed by atoms with E-state index in [0.29, 0.717) is 41.8 Å². The molecule has 1 aromatic heterocycles. The van der Waals surface area contributed by atoms with Crippen LogP contribution < -0.4 is 20.5 Å². The number of fused-ring (bicyclic) bond motifs is 1. The fourth-order valence-electron chi connectivity index (χ4n) is 2.07. The molecule has 110 valence electrons. The maximum Gasteiger partial charge on any atom is 0.291 e. The first-order valence-electron chi connectivity index (χ1n) is 6.70. The quantitative estimate of drug-likeness (QED) is 0.829. The molecule has 0 unspecified atom stereocenters. The number of anilines is 2. The minimum atomic E-state index is -0.357. The molecule has 0 radical (unpaired) electrons. The molecular formula is C15H16N2O4. The summed E-state index contributed by atoms with van der Waals surface area (Å²) in [5, 5.41) is 2.72. The lowest BCUT2D eigenvalue weighted by Gasteiger charge is -2.12. The van der Waals surface area contributed by atoms with Crippen LogP contribution in [0, 0.1) is 6.92 Å². The van der Waals surface area contributed by atoms with Crippen LogP contribution in [0.25, 0.3) is 0 Å². The molecule has 0 aliphatic carbocycles. The van der Waals surface area contributed by atoms with E-state index in [4.69, 9.17) is 19.6 Å². The lowest BCUT2D eigenvalue weighted by Crippen LogP contribution is -2.12. The largest absolute Gasteiger partial charge is 0.489 e. The zero-order valence-electron chi connectivity index (χ0n) is 11.6. The molecule has 1 aliphatic heterocycles. The van der Waals surface area contributed by atoms with Gasteiger partial charge < -0.3 is 24.9 Å². The fraction of sp³-hybridized carbons (Fsp3) is 0.267. The van der Waals surface area contributed by atoms with Crippen molar-refractivity contribution in [1.29, 1.82) is 0 Å². The number of benzene rings is 1. The van der Waals surface area contributed by atoms with Gasteiger partial charge in [0.2, 0.25) is 0 Å². The van der Waals surface area contributed by atoms with E-state index < -0.39 is 0 Å². The van der Waals surface area contributed by atoms with Gasteiger partial charge in [0.15, 0.2) is 17.3 Å². The number of nitrogens with one attached hydrogen (secondary N) is 1. The molecule has 0 saturated carbocycles. The smallest absolute Gasteiger partial charge is 0.291 e. The molecule has 3 rings (SSSR count). The summed E-state index contributed by atoms with van der Waals surface area (Å²) in [6, 6.07) is 6.67. The van der Waals surface area contributed by atoms with Crippen molar-refractivity contribution in [2.45, 2.75) is 13.3 Å². The summed E-state index contributed by atoms with van der Waals surface area (Å²) >= 11 is 0. The summed E-state index contributed by atoms with van der Waals surface area (Å²) in [5.74, 6) is 1.72. The van der Waals surface area contributed by atoms with E-state index >= 15 is 0 Å². The highest BCUT2D eigenvalue weighted by Crippen LogP contribution is 2.36. The third kappa shape index (κ3) is 2.79. The first kappa shape index (κ1) is 13.4. The number of nitrogen functional groups attached to an aromatic ring is 1. The third-order valence-electron chi connectivity index (χ3n) is 3.13. The number of furan rings is 1. The summed E-state index contributed by atoms with van der Waals surface area (Å²) in [5.41, 5.74) is 6.83. The zero-order valence-corrected chi connectivity index (χ0v) is 11.6. The molecule has 1 amide bonds. The van der Waals surface area contributed by atoms with Gasteiger partial charge in [-0.05, 0) is 19.1 Å². The highest BCUT2D eigenvalue weighted by molar-refractivity contribution is 6.04. The Balaban J connectivity index is 1.85. The van der Waals surface area contributed by atoms with Crippen molar-refractivity contribution >= 4 is 17.3 Å². The maximum absolute atomic E-state index is 12.1. The van der Waals surface area contributed by atoms with Gasteiger partial charge in [0.1, 0.15) is 5.76 Å². The number of amides is 1. The molecule has 0 spiro atoms. The Kier molecular flexibility index (Phi) is 3.43. The number of hydrogen-bond acceptors (Lipinski definition) is 5. The molecule has 1 aromatic carbocycles. The van der Waals surface area contributed by atoms with Gasteiger partial charge in [0.05, 0.1) is 24.6 Å². The summed E-state index contributed by atoms with van der Waals surface area (Å²) in [6.07, 6.45) is 0.807. The predicted molar refractivity (Wildman–Crippen MR) is 77.9 cm³/mol. The van der Waals surface area contributed by atoms with Crippen LogP contribution in [0.4, 0.5) is 11.4 Å². The van der Waals surface area contributed by atoms with Gasteiger partial charge in [0.25, 0.3) is 5.91 Å². The molecule has 2 heterocycles. The number of ether oxygens (including phenoxy) is 2. The summed E-state index contributed by atoms with van der Waals surface area (Å²) in [4.78, 5) is 12.1. The van der Waals surface area contributed by atoms with Gasteiger partial charge in [0, 0.05) is 18.6 Å². The molecule has 3 N–H and O–H groups in total. The minimum Gasteiger partial charge on any atom is -0.489 e. The molecular weight excluding hydrogens is 272 g/mol. The number of hydrogen-bond donors (Lipinski definition) is 2. The van der Waals surface area contributed by atoms with E-state index in [-0.39, 0.29) is 11.7 Å². The van der Waals surface area contributed by atoms with Crippen LogP contribution in [-0.2, 0) is 0 Å². The van der Waals surface area contributed by atoms with Crippen LogP contribution in [0.1, 0.15) is 22.7 Å². The van der Waals surface area contributed by atoms with Gasteiger partial charge in [-0.1, -0.05) is 0 Å². The Hall–Kier alpha value is -2.63. The Morgan fingerprint density at radius 1 is 1.19 bits per heavy atom. The van der Waals surface area contributed by atoms with Crippen molar-refractivity contribution in [2.75, 3.05) is 24.3 Å². The summed E-state index contributed by atoms with van der Waals surface area (Å²) in [6.45, 7) is 2.93. The standard InChI is InChI=1S/C15H16N2O4/c1-9-3-4-12(21-9)15(18)17-11-8-14-13(7-10(11)16)19-5-2-6-20-14/h3-4,7-8H,2,5-6,16H2,1H3,(H,17,18). The van der Waals surface area contributed by atoms with Gasteiger partial charge >= 0.3 is 0 Å². The normalized spacial score (nSPS) is 13.6. The Labute approximate surface area is 121 Å². The molecule has 6 nitrogen and oxygen atoms in total. The highest BCUT2D eigenvalue weighted by atomic mass is 16.5. The highest BCUT2D eigenvalue weighted by Gasteiger charge is 2.17. The predicted octanol–water partition coefficient (Wildman–Crippen LogP) is 2.58. The van der Waals surface area contributed by atoms with E-state index in [0.717, 1.165) is 6.42 Å². The minimum absolute atomic E-state index is 0.235. The number of carbonyl (C=O) groups excluding carboxylic acids is 1. The number of nitrogens with two attached hydrogens (primary N) is 1. The number of rotatable bonds is 2. The Bertz CT molecular complexity index is 678. The SMILES string of the molecule is Cc1ccc(C(=O)Nc2cc3c(cc2N)OCCCO3)o1. The van der Waals surface area contributed by atoms with Gasteiger partial charge in [-0.25, -0.2) is 0 Å². The second-order valence-corrected chi connectivity index (χ2v) is 4.80. The lowest BCUT2D eigenvalue weighted by atomic mass is 10.2. The molecule has 2 aromatic rings. The lowest BCUT2D eigenvalue weighted by molar-refractivity contribution is 0.0995.